The molecular weight excluding hydrogens is 226 g/mol. The first-order valence-electron chi connectivity index (χ1n) is 7.02. The van der Waals surface area contributed by atoms with Gasteiger partial charge in [0.25, 0.3) is 0 Å². The van der Waals surface area contributed by atoms with Crippen molar-refractivity contribution in [2.45, 2.75) is 19.4 Å². The van der Waals surface area contributed by atoms with Gasteiger partial charge < -0.3 is 10.6 Å². The SMILES string of the molecule is Nc1cnn(CCN2CCN(CC3CC3)CC2)c1. The summed E-state index contributed by atoms with van der Waals surface area (Å²) < 4.78 is 1.94. The van der Waals surface area contributed by atoms with Crippen molar-refractivity contribution in [1.29, 1.82) is 0 Å². The van der Waals surface area contributed by atoms with Gasteiger partial charge in [0.1, 0.15) is 0 Å². The van der Waals surface area contributed by atoms with E-state index in [1.807, 2.05) is 10.9 Å². The molecule has 1 aromatic rings. The van der Waals surface area contributed by atoms with Crippen molar-refractivity contribution in [3.63, 3.8) is 0 Å². The van der Waals surface area contributed by atoms with Gasteiger partial charge in [-0.25, -0.2) is 0 Å². The van der Waals surface area contributed by atoms with Gasteiger partial charge in [-0.1, -0.05) is 0 Å². The molecule has 0 radical (unpaired) electrons. The summed E-state index contributed by atoms with van der Waals surface area (Å²) in [7, 11) is 0. The average molecular weight is 249 g/mol. The first-order valence-corrected chi connectivity index (χ1v) is 7.02. The zero-order valence-corrected chi connectivity index (χ0v) is 11.0. The van der Waals surface area contributed by atoms with Crippen LogP contribution in [-0.4, -0.2) is 58.8 Å². The summed E-state index contributed by atoms with van der Waals surface area (Å²) >= 11 is 0. The fourth-order valence-electron chi connectivity index (χ4n) is 2.61. The number of nitrogens with zero attached hydrogens (tertiary/aromatic N) is 4. The van der Waals surface area contributed by atoms with Crippen LogP contribution >= 0.6 is 0 Å². The van der Waals surface area contributed by atoms with Gasteiger partial charge >= 0.3 is 0 Å². The predicted octanol–water partition coefficient (Wildman–Crippen LogP) is 0.493. The van der Waals surface area contributed by atoms with E-state index in [-0.39, 0.29) is 0 Å². The van der Waals surface area contributed by atoms with Crippen LogP contribution in [0.3, 0.4) is 0 Å². The molecule has 5 heteroatoms. The summed E-state index contributed by atoms with van der Waals surface area (Å²) in [6, 6.07) is 0. The molecule has 1 saturated heterocycles. The topological polar surface area (TPSA) is 50.3 Å². The molecule has 0 atom stereocenters. The van der Waals surface area contributed by atoms with E-state index in [1.165, 1.54) is 45.6 Å². The van der Waals surface area contributed by atoms with Crippen LogP contribution in [0.15, 0.2) is 12.4 Å². The Balaban J connectivity index is 1.37. The molecule has 0 bridgehead atoms. The molecule has 1 aromatic heterocycles. The van der Waals surface area contributed by atoms with E-state index in [9.17, 15) is 0 Å². The third-order valence-corrected chi connectivity index (χ3v) is 3.98. The van der Waals surface area contributed by atoms with Gasteiger partial charge in [-0.3, -0.25) is 9.58 Å². The second-order valence-electron chi connectivity index (χ2n) is 5.62. The normalized spacial score (nSPS) is 22.4. The van der Waals surface area contributed by atoms with Gasteiger partial charge in [0.05, 0.1) is 18.4 Å². The monoisotopic (exact) mass is 249 g/mol. The lowest BCUT2D eigenvalue weighted by molar-refractivity contribution is 0.124. The van der Waals surface area contributed by atoms with Crippen molar-refractivity contribution < 1.29 is 0 Å². The van der Waals surface area contributed by atoms with Gasteiger partial charge in [-0.15, -0.1) is 0 Å². The molecule has 18 heavy (non-hydrogen) atoms. The highest BCUT2D eigenvalue weighted by atomic mass is 15.3. The van der Waals surface area contributed by atoms with Crippen LogP contribution in [0.25, 0.3) is 0 Å². The lowest BCUT2D eigenvalue weighted by Gasteiger charge is -2.34. The highest BCUT2D eigenvalue weighted by Crippen LogP contribution is 2.29. The van der Waals surface area contributed by atoms with Crippen LogP contribution in [0, 0.1) is 5.92 Å². The molecule has 2 N–H and O–H groups in total. The van der Waals surface area contributed by atoms with Crippen molar-refractivity contribution in [2.75, 3.05) is 45.0 Å². The van der Waals surface area contributed by atoms with E-state index in [0.29, 0.717) is 0 Å². The van der Waals surface area contributed by atoms with Crippen LogP contribution in [0.4, 0.5) is 5.69 Å². The number of nitrogen functional groups attached to an aromatic ring is 1. The number of aromatic nitrogens is 2. The first-order chi connectivity index (χ1) is 8.79. The van der Waals surface area contributed by atoms with E-state index in [2.05, 4.69) is 14.9 Å². The smallest absolute Gasteiger partial charge is 0.0719 e. The van der Waals surface area contributed by atoms with Gasteiger partial charge in [-0.2, -0.15) is 5.10 Å². The van der Waals surface area contributed by atoms with E-state index in [0.717, 1.165) is 24.7 Å². The summed E-state index contributed by atoms with van der Waals surface area (Å²) in [5.41, 5.74) is 6.41. The summed E-state index contributed by atoms with van der Waals surface area (Å²) in [5.74, 6) is 1.02. The number of anilines is 1. The van der Waals surface area contributed by atoms with Gasteiger partial charge in [0.15, 0.2) is 0 Å². The number of rotatable bonds is 5. The molecule has 2 aliphatic rings. The highest BCUT2D eigenvalue weighted by Gasteiger charge is 2.26. The van der Waals surface area contributed by atoms with E-state index >= 15 is 0 Å². The van der Waals surface area contributed by atoms with Crippen molar-refractivity contribution in [3.8, 4) is 0 Å². The molecule has 100 valence electrons. The van der Waals surface area contributed by atoms with Gasteiger partial charge in [0.2, 0.25) is 0 Å². The molecule has 1 saturated carbocycles. The molecular formula is C13H23N5. The molecule has 5 nitrogen and oxygen atoms in total. The third kappa shape index (κ3) is 3.23. The molecule has 2 fully saturated rings. The summed E-state index contributed by atoms with van der Waals surface area (Å²) in [4.78, 5) is 5.15. The Hall–Kier alpha value is -1.07. The lowest BCUT2D eigenvalue weighted by atomic mass is 10.3. The van der Waals surface area contributed by atoms with Crippen LogP contribution in [0.1, 0.15) is 12.8 Å². The largest absolute Gasteiger partial charge is 0.396 e. The van der Waals surface area contributed by atoms with Crippen molar-refractivity contribution in [3.05, 3.63) is 12.4 Å². The van der Waals surface area contributed by atoms with E-state index in [4.69, 9.17) is 5.73 Å². The average Bonchev–Trinajstić information content (AvgIpc) is 3.09. The maximum atomic E-state index is 5.65. The molecule has 0 spiro atoms. The van der Waals surface area contributed by atoms with Crippen molar-refractivity contribution >= 4 is 5.69 Å². The van der Waals surface area contributed by atoms with Crippen LogP contribution < -0.4 is 5.73 Å². The second kappa shape index (κ2) is 5.28. The molecule has 3 rings (SSSR count). The number of hydrogen-bond acceptors (Lipinski definition) is 4. The summed E-state index contributed by atoms with van der Waals surface area (Å²) in [6.07, 6.45) is 6.54. The predicted molar refractivity (Wildman–Crippen MR) is 72.2 cm³/mol. The lowest BCUT2D eigenvalue weighted by Crippen LogP contribution is -2.47. The third-order valence-electron chi connectivity index (χ3n) is 3.98. The van der Waals surface area contributed by atoms with Crippen molar-refractivity contribution in [2.24, 2.45) is 5.92 Å². The maximum absolute atomic E-state index is 5.65. The number of nitrogens with two attached hydrogens (primary N) is 1. The molecule has 1 aliphatic carbocycles. The van der Waals surface area contributed by atoms with E-state index < -0.39 is 0 Å². The van der Waals surface area contributed by atoms with Crippen molar-refractivity contribution in [1.82, 2.24) is 19.6 Å². The number of hydrogen-bond donors (Lipinski definition) is 1. The van der Waals surface area contributed by atoms with E-state index in [1.54, 1.807) is 6.20 Å². The Kier molecular flexibility index (Phi) is 3.52. The van der Waals surface area contributed by atoms with Crippen LogP contribution in [0.5, 0.6) is 0 Å². The summed E-state index contributed by atoms with van der Waals surface area (Å²) in [6.45, 7) is 8.23. The Morgan fingerprint density at radius 2 is 1.83 bits per heavy atom. The zero-order valence-electron chi connectivity index (χ0n) is 11.0. The number of piperazine rings is 1. The summed E-state index contributed by atoms with van der Waals surface area (Å²) in [5, 5.41) is 4.22. The Bertz CT molecular complexity index is 376. The van der Waals surface area contributed by atoms with Crippen LogP contribution in [-0.2, 0) is 6.54 Å². The molecule has 0 unspecified atom stereocenters. The molecule has 1 aliphatic heterocycles. The van der Waals surface area contributed by atoms with Gasteiger partial charge in [-0.05, 0) is 18.8 Å². The standard InChI is InChI=1S/C13H23N5/c14-13-9-15-18(11-13)8-7-16-3-5-17(6-4-16)10-12-1-2-12/h9,11-12H,1-8,10,14H2. The van der Waals surface area contributed by atoms with Crippen LogP contribution in [0.2, 0.25) is 0 Å². The molecule has 0 amide bonds. The zero-order chi connectivity index (χ0) is 12.4. The maximum Gasteiger partial charge on any atom is 0.0719 e. The fraction of sp³-hybridized carbons (Fsp3) is 0.769. The first kappa shape index (κ1) is 12.0. The molecule has 0 aromatic carbocycles. The molecule has 2 heterocycles. The Labute approximate surface area is 109 Å². The quantitative estimate of drug-likeness (QED) is 0.825. The fourth-order valence-corrected chi connectivity index (χ4v) is 2.61. The highest BCUT2D eigenvalue weighted by molar-refractivity contribution is 5.30. The Morgan fingerprint density at radius 1 is 1.11 bits per heavy atom. The second-order valence-corrected chi connectivity index (χ2v) is 5.62. The Morgan fingerprint density at radius 3 is 2.44 bits per heavy atom. The minimum absolute atomic E-state index is 0.754. The minimum atomic E-state index is 0.754. The van der Waals surface area contributed by atoms with Gasteiger partial charge in [0, 0.05) is 45.5 Å². The minimum Gasteiger partial charge on any atom is -0.396 e.